The summed E-state index contributed by atoms with van der Waals surface area (Å²) in [5.74, 6) is 0.660. The quantitative estimate of drug-likeness (QED) is 0.468. The number of nitrogens with one attached hydrogen (secondary N) is 2. The molecule has 1 aromatic heterocycles. The summed E-state index contributed by atoms with van der Waals surface area (Å²) in [6, 6.07) is 8.26. The smallest absolute Gasteiger partial charge is 0.191 e. The molecule has 0 aliphatic heterocycles. The van der Waals surface area contributed by atoms with Crippen LogP contribution in [-0.2, 0) is 30.5 Å². The fourth-order valence-corrected chi connectivity index (χ4v) is 2.69. The van der Waals surface area contributed by atoms with E-state index in [9.17, 15) is 5.11 Å². The topological polar surface area (TPSA) is 83.7 Å². The Labute approximate surface area is 174 Å². The Morgan fingerprint density at radius 1 is 1.21 bits per heavy atom. The summed E-state index contributed by atoms with van der Waals surface area (Å²) in [5, 5.41) is 21.3. The molecule has 0 radical (unpaired) electrons. The maximum Gasteiger partial charge on any atom is 0.191 e. The highest BCUT2D eigenvalue weighted by Gasteiger charge is 2.25. The van der Waals surface area contributed by atoms with Crippen molar-refractivity contribution in [1.82, 2.24) is 20.4 Å². The average Bonchev–Trinajstić information content (AvgIpc) is 3.09. The lowest BCUT2D eigenvalue weighted by atomic mass is 10.00. The molecule has 3 N–H and O–H groups in total. The van der Waals surface area contributed by atoms with Gasteiger partial charge in [-0.3, -0.25) is 4.68 Å². The number of nitrogens with zero attached hydrogens (tertiary/aromatic N) is 3. The van der Waals surface area contributed by atoms with Crippen molar-refractivity contribution in [2.45, 2.75) is 59.0 Å². The van der Waals surface area contributed by atoms with Crippen LogP contribution in [0, 0.1) is 0 Å². The fraction of sp³-hybridized carbons (Fsp3) is 0.545. The van der Waals surface area contributed by atoms with Gasteiger partial charge in [0, 0.05) is 25.4 Å². The monoisotopic (exact) mass is 401 g/mol. The summed E-state index contributed by atoms with van der Waals surface area (Å²) in [6.45, 7) is 12.1. The third-order valence-electron chi connectivity index (χ3n) is 4.35. The van der Waals surface area contributed by atoms with Crippen LogP contribution >= 0.6 is 0 Å². The summed E-state index contributed by atoms with van der Waals surface area (Å²) >= 11 is 0. The first-order chi connectivity index (χ1) is 13.6. The molecule has 0 aliphatic rings. The normalized spacial score (nSPS) is 14.5. The molecule has 2 aromatic rings. The molecule has 0 bridgehead atoms. The zero-order valence-electron chi connectivity index (χ0n) is 18.5. The predicted molar refractivity (Wildman–Crippen MR) is 117 cm³/mol. The molecule has 1 unspecified atom stereocenters. The van der Waals surface area contributed by atoms with Gasteiger partial charge in [0.15, 0.2) is 5.96 Å². The van der Waals surface area contributed by atoms with Crippen molar-refractivity contribution in [2.75, 3.05) is 13.1 Å². The summed E-state index contributed by atoms with van der Waals surface area (Å²) in [7, 11) is 1.83. The third kappa shape index (κ3) is 7.87. The number of hydrogen-bond donors (Lipinski definition) is 3. The van der Waals surface area contributed by atoms with E-state index in [-0.39, 0.29) is 5.60 Å². The summed E-state index contributed by atoms with van der Waals surface area (Å²) < 4.78 is 7.54. The van der Waals surface area contributed by atoms with Crippen molar-refractivity contribution in [2.24, 2.45) is 12.0 Å². The van der Waals surface area contributed by atoms with E-state index in [0.29, 0.717) is 25.7 Å². The number of ether oxygens (including phenoxy) is 1. The molecule has 7 nitrogen and oxygen atoms in total. The fourth-order valence-electron chi connectivity index (χ4n) is 2.69. The molecule has 7 heteroatoms. The number of aromatic nitrogens is 2. The number of aliphatic imine (C=N–C) groups is 1. The maximum absolute atomic E-state index is 10.8. The van der Waals surface area contributed by atoms with Crippen molar-refractivity contribution in [3.8, 4) is 0 Å². The molecule has 0 spiro atoms. The lowest BCUT2D eigenvalue weighted by molar-refractivity contribution is -0.0149. The van der Waals surface area contributed by atoms with Crippen LogP contribution in [-0.4, -0.2) is 39.5 Å². The van der Waals surface area contributed by atoms with Crippen LogP contribution in [0.15, 0.2) is 41.7 Å². The van der Waals surface area contributed by atoms with E-state index >= 15 is 0 Å². The van der Waals surface area contributed by atoms with E-state index in [1.54, 1.807) is 17.8 Å². The van der Waals surface area contributed by atoms with E-state index in [1.807, 2.05) is 26.2 Å². The largest absolute Gasteiger partial charge is 0.383 e. The highest BCUT2D eigenvalue weighted by molar-refractivity contribution is 5.79. The predicted octanol–water partition coefficient (Wildman–Crippen LogP) is 2.70. The molecule has 0 saturated carbocycles. The van der Waals surface area contributed by atoms with Gasteiger partial charge >= 0.3 is 0 Å². The molecule has 0 amide bonds. The van der Waals surface area contributed by atoms with Gasteiger partial charge in [-0.05, 0) is 45.7 Å². The van der Waals surface area contributed by atoms with Crippen molar-refractivity contribution < 1.29 is 9.84 Å². The minimum absolute atomic E-state index is 0.165. The SMILES string of the molecule is CCNC(=NCc1cccc(COC(C)(C)C)c1)NCC(C)(O)c1cnn(C)c1. The number of benzene rings is 1. The van der Waals surface area contributed by atoms with Crippen LogP contribution < -0.4 is 10.6 Å². The van der Waals surface area contributed by atoms with E-state index < -0.39 is 5.60 Å². The Morgan fingerprint density at radius 3 is 2.55 bits per heavy atom. The van der Waals surface area contributed by atoms with Gasteiger partial charge in [-0.2, -0.15) is 5.10 Å². The number of hydrogen-bond acceptors (Lipinski definition) is 4. The zero-order chi connectivity index (χ0) is 21.5. The molecule has 0 fully saturated rings. The highest BCUT2D eigenvalue weighted by atomic mass is 16.5. The van der Waals surface area contributed by atoms with Gasteiger partial charge in [-0.1, -0.05) is 24.3 Å². The molecule has 2 rings (SSSR count). The number of rotatable bonds is 8. The molecule has 1 atom stereocenters. The number of aliphatic hydroxyl groups is 1. The molecular weight excluding hydrogens is 366 g/mol. The Balaban J connectivity index is 2.00. The van der Waals surface area contributed by atoms with Crippen LogP contribution in [0.3, 0.4) is 0 Å². The van der Waals surface area contributed by atoms with Crippen LogP contribution in [0.25, 0.3) is 0 Å². The second-order valence-corrected chi connectivity index (χ2v) is 8.45. The lowest BCUT2D eigenvalue weighted by Gasteiger charge is -2.23. The van der Waals surface area contributed by atoms with Crippen LogP contribution in [0.4, 0.5) is 0 Å². The van der Waals surface area contributed by atoms with Crippen LogP contribution in [0.2, 0.25) is 0 Å². The van der Waals surface area contributed by atoms with Gasteiger partial charge in [0.25, 0.3) is 0 Å². The first kappa shape index (κ1) is 22.9. The second-order valence-electron chi connectivity index (χ2n) is 8.45. The van der Waals surface area contributed by atoms with Gasteiger partial charge in [-0.15, -0.1) is 0 Å². The number of guanidine groups is 1. The first-order valence-electron chi connectivity index (χ1n) is 10.0. The van der Waals surface area contributed by atoms with Crippen molar-refractivity contribution in [1.29, 1.82) is 0 Å². The van der Waals surface area contributed by atoms with Crippen molar-refractivity contribution in [3.63, 3.8) is 0 Å². The Bertz CT molecular complexity index is 806. The zero-order valence-corrected chi connectivity index (χ0v) is 18.5. The Morgan fingerprint density at radius 2 is 1.93 bits per heavy atom. The minimum atomic E-state index is -1.05. The molecule has 29 heavy (non-hydrogen) atoms. The van der Waals surface area contributed by atoms with E-state index in [0.717, 1.165) is 23.2 Å². The minimum Gasteiger partial charge on any atom is -0.383 e. The average molecular weight is 402 g/mol. The van der Waals surface area contributed by atoms with Gasteiger partial charge in [0.2, 0.25) is 0 Å². The molecule has 1 heterocycles. The van der Waals surface area contributed by atoms with Gasteiger partial charge in [0.1, 0.15) is 5.60 Å². The van der Waals surface area contributed by atoms with E-state index in [1.165, 1.54) is 0 Å². The Kier molecular flexibility index (Phi) is 7.81. The van der Waals surface area contributed by atoms with E-state index in [4.69, 9.17) is 4.74 Å². The van der Waals surface area contributed by atoms with Crippen molar-refractivity contribution in [3.05, 3.63) is 53.3 Å². The molecule has 0 saturated heterocycles. The molecule has 0 aliphatic carbocycles. The van der Waals surface area contributed by atoms with Crippen LogP contribution in [0.1, 0.15) is 51.3 Å². The summed E-state index contributed by atoms with van der Waals surface area (Å²) in [4.78, 5) is 4.66. The second kappa shape index (κ2) is 9.89. The number of aryl methyl sites for hydroxylation is 1. The summed E-state index contributed by atoms with van der Waals surface area (Å²) in [5.41, 5.74) is 1.78. The van der Waals surface area contributed by atoms with Crippen LogP contribution in [0.5, 0.6) is 0 Å². The van der Waals surface area contributed by atoms with Crippen molar-refractivity contribution >= 4 is 5.96 Å². The standard InChI is InChI=1S/C22H35N5O2/c1-7-23-20(25-16-22(5,28)19-13-26-27(6)14-19)24-12-17-9-8-10-18(11-17)15-29-21(2,3)4/h8-11,13-14,28H,7,12,15-16H2,1-6H3,(H2,23,24,25). The highest BCUT2D eigenvalue weighted by Crippen LogP contribution is 2.18. The molecule has 1 aromatic carbocycles. The molecular formula is C22H35N5O2. The van der Waals surface area contributed by atoms with Gasteiger partial charge < -0.3 is 20.5 Å². The Hall–Kier alpha value is -2.38. The third-order valence-corrected chi connectivity index (χ3v) is 4.35. The maximum atomic E-state index is 10.8. The lowest BCUT2D eigenvalue weighted by Crippen LogP contribution is -2.44. The summed E-state index contributed by atoms with van der Waals surface area (Å²) in [6.07, 6.45) is 3.49. The first-order valence-corrected chi connectivity index (χ1v) is 10.0. The van der Waals surface area contributed by atoms with E-state index in [2.05, 4.69) is 59.7 Å². The van der Waals surface area contributed by atoms with Gasteiger partial charge in [-0.25, -0.2) is 4.99 Å². The molecule has 160 valence electrons. The van der Waals surface area contributed by atoms with Gasteiger partial charge in [0.05, 0.1) is 31.5 Å².